The van der Waals surface area contributed by atoms with E-state index in [0.29, 0.717) is 37.6 Å². The van der Waals surface area contributed by atoms with Crippen molar-refractivity contribution in [2.45, 2.75) is 32.9 Å². The van der Waals surface area contributed by atoms with Crippen molar-refractivity contribution in [3.05, 3.63) is 132 Å². The minimum atomic E-state index is -2.92. The van der Waals surface area contributed by atoms with Crippen molar-refractivity contribution in [2.24, 2.45) is 11.8 Å². The highest BCUT2D eigenvalue weighted by molar-refractivity contribution is 5.97. The summed E-state index contributed by atoms with van der Waals surface area (Å²) in [7, 11) is 0. The van der Waals surface area contributed by atoms with E-state index in [0.717, 1.165) is 12.1 Å². The highest BCUT2D eigenvalue weighted by Crippen LogP contribution is 2.30. The molecule has 8 rings (SSSR count). The Bertz CT molecular complexity index is 2490. The van der Waals surface area contributed by atoms with Crippen LogP contribution in [0.4, 0.5) is 37.7 Å². The molecule has 6 aromatic rings. The lowest BCUT2D eigenvalue weighted by Gasteiger charge is -2.40. The zero-order valence-electron chi connectivity index (χ0n) is 32.6. The molecule has 0 aliphatic carbocycles. The Labute approximate surface area is 356 Å². The summed E-state index contributed by atoms with van der Waals surface area (Å²) in [6.07, 6.45) is -5.82. The quantitative estimate of drug-likeness (QED) is 0.121. The molecule has 2 aliphatic rings. The van der Waals surface area contributed by atoms with Gasteiger partial charge in [-0.25, -0.2) is 8.78 Å². The van der Waals surface area contributed by atoms with Crippen molar-refractivity contribution >= 4 is 41.5 Å². The number of rotatable bonds is 12. The van der Waals surface area contributed by atoms with Gasteiger partial charge in [-0.05, 0) is 48.5 Å². The van der Waals surface area contributed by atoms with Crippen molar-refractivity contribution in [3.63, 3.8) is 0 Å². The molecule has 0 spiro atoms. The van der Waals surface area contributed by atoms with Gasteiger partial charge in [0.15, 0.2) is 0 Å². The smallest absolute Gasteiger partial charge is 0.314 e. The highest BCUT2D eigenvalue weighted by atomic mass is 35.5. The van der Waals surface area contributed by atoms with Gasteiger partial charge >= 0.3 is 12.9 Å². The summed E-state index contributed by atoms with van der Waals surface area (Å²) in [5.74, 6) is -4.23. The van der Waals surface area contributed by atoms with Crippen LogP contribution in [0.2, 0.25) is 0 Å². The van der Waals surface area contributed by atoms with Crippen LogP contribution >= 0.6 is 12.4 Å². The summed E-state index contributed by atoms with van der Waals surface area (Å²) in [4.78, 5) is 42.0. The lowest BCUT2D eigenvalue weighted by Crippen LogP contribution is -2.56. The Balaban J connectivity index is 0.000000204. The molecule has 2 aliphatic heterocycles. The van der Waals surface area contributed by atoms with Crippen molar-refractivity contribution in [2.75, 3.05) is 36.0 Å². The number of hydrogen-bond acceptors (Lipinski definition) is 10. The molecule has 2 saturated heterocycles. The molecule has 4 heterocycles. The number of anilines is 2. The van der Waals surface area contributed by atoms with Gasteiger partial charge in [0.1, 0.15) is 11.6 Å². The standard InChI is InChI=1S/C22H19F3N4O3.C20H17F3N4O2.ClH/c1-13(30)28-10-16(11-28)22(31)29(17-5-3-2-4-6-17)12-15-8-7-14(9-18(15)23)20-26-27-21(32-20)19(24)25;21-16-8-12(18-25-26-19(29-18)17(22)23)6-7-13(16)11-27(15-4-2-1-3-5-15)20(28)14-9-24-10-14;/h2-9,16,19H,10-12H2,1H3;1-8,14,17,24H,9-11H2;1H. The summed E-state index contributed by atoms with van der Waals surface area (Å²) >= 11 is 0. The van der Waals surface area contributed by atoms with Crippen LogP contribution in [0.5, 0.6) is 0 Å². The minimum absolute atomic E-state index is 0. The number of nitrogens with zero attached hydrogens (tertiary/aromatic N) is 7. The monoisotopic (exact) mass is 882 g/mol. The number of aromatic nitrogens is 4. The molecule has 2 fully saturated rings. The number of alkyl halides is 4. The Morgan fingerprint density at radius 1 is 0.661 bits per heavy atom. The maximum atomic E-state index is 14.9. The third-order valence-electron chi connectivity index (χ3n) is 9.99. The fourth-order valence-electron chi connectivity index (χ4n) is 6.44. The van der Waals surface area contributed by atoms with Gasteiger partial charge in [-0.3, -0.25) is 14.4 Å². The molecular weight excluding hydrogens is 846 g/mol. The fraction of sp³-hybridized carbons (Fsp3) is 0.262. The maximum Gasteiger partial charge on any atom is 0.314 e. The molecule has 2 aromatic heterocycles. The van der Waals surface area contributed by atoms with E-state index in [2.05, 4.69) is 25.7 Å². The van der Waals surface area contributed by atoms with E-state index >= 15 is 0 Å². The van der Waals surface area contributed by atoms with Gasteiger partial charge in [0.05, 0.1) is 24.9 Å². The molecule has 4 aromatic carbocycles. The van der Waals surface area contributed by atoms with Crippen LogP contribution in [0, 0.1) is 23.5 Å². The van der Waals surface area contributed by atoms with Gasteiger partial charge in [0, 0.05) is 66.7 Å². The third-order valence-corrected chi connectivity index (χ3v) is 9.99. The maximum absolute atomic E-state index is 14.9. The van der Waals surface area contributed by atoms with Crippen molar-refractivity contribution in [1.29, 1.82) is 0 Å². The Morgan fingerprint density at radius 2 is 1.08 bits per heavy atom. The van der Waals surface area contributed by atoms with Crippen LogP contribution in [-0.4, -0.2) is 69.2 Å². The zero-order chi connectivity index (χ0) is 43.2. The molecule has 0 atom stereocenters. The first kappa shape index (κ1) is 44.9. The number of carbonyl (C=O) groups is 3. The lowest BCUT2D eigenvalue weighted by atomic mass is 9.97. The third kappa shape index (κ3) is 10.3. The first-order chi connectivity index (χ1) is 29.4. The SMILES string of the molecule is CC(=O)N1CC(C(=O)N(Cc2ccc(-c3nnc(C(F)F)o3)cc2F)c2ccccc2)C1.Cl.O=C(C1CNC1)N(Cc1ccc(-c2nnc(C(F)F)o2)cc1F)c1ccccc1. The number of amides is 3. The molecule has 0 saturated carbocycles. The Hall–Kier alpha value is -6.60. The van der Waals surface area contributed by atoms with E-state index in [1.54, 1.807) is 52.3 Å². The van der Waals surface area contributed by atoms with Crippen LogP contribution in [0.3, 0.4) is 0 Å². The number of halogens is 7. The van der Waals surface area contributed by atoms with Gasteiger partial charge < -0.3 is 28.9 Å². The van der Waals surface area contributed by atoms with Crippen LogP contribution in [0.1, 0.15) is 42.7 Å². The fourth-order valence-corrected chi connectivity index (χ4v) is 6.44. The molecule has 1 N–H and O–H groups in total. The molecule has 13 nitrogen and oxygen atoms in total. The lowest BCUT2D eigenvalue weighted by molar-refractivity contribution is -0.140. The van der Waals surface area contributed by atoms with E-state index in [1.165, 1.54) is 36.1 Å². The molecular formula is C42H37ClF6N8O5. The first-order valence-electron chi connectivity index (χ1n) is 18.9. The van der Waals surface area contributed by atoms with Gasteiger partial charge in [-0.1, -0.05) is 48.5 Å². The summed E-state index contributed by atoms with van der Waals surface area (Å²) in [5, 5.41) is 16.6. The minimum Gasteiger partial charge on any atom is -0.415 e. The van der Waals surface area contributed by atoms with E-state index in [9.17, 15) is 40.7 Å². The average Bonchev–Trinajstić information content (AvgIpc) is 3.92. The number of benzene rings is 4. The van der Waals surface area contributed by atoms with Crippen molar-refractivity contribution < 1.29 is 49.6 Å². The van der Waals surface area contributed by atoms with Gasteiger partial charge in [0.2, 0.25) is 29.5 Å². The number of carbonyl (C=O) groups excluding carboxylic acids is 3. The van der Waals surface area contributed by atoms with E-state index in [4.69, 9.17) is 8.83 Å². The second-order valence-corrected chi connectivity index (χ2v) is 14.1. The Kier molecular flexibility index (Phi) is 14.4. The highest BCUT2D eigenvalue weighted by Gasteiger charge is 2.37. The second-order valence-electron chi connectivity index (χ2n) is 14.1. The first-order valence-corrected chi connectivity index (χ1v) is 18.9. The molecule has 0 radical (unpaired) electrons. The van der Waals surface area contributed by atoms with Crippen LogP contribution in [-0.2, 0) is 27.5 Å². The Morgan fingerprint density at radius 3 is 1.42 bits per heavy atom. The van der Waals surface area contributed by atoms with Gasteiger partial charge in [-0.15, -0.1) is 32.8 Å². The van der Waals surface area contributed by atoms with Gasteiger partial charge in [0.25, 0.3) is 11.8 Å². The van der Waals surface area contributed by atoms with Crippen molar-refractivity contribution in [3.8, 4) is 22.9 Å². The predicted molar refractivity (Wildman–Crippen MR) is 214 cm³/mol. The molecule has 20 heteroatoms. The number of likely N-dealkylation sites (tertiary alicyclic amines) is 1. The number of hydrogen-bond donors (Lipinski definition) is 1. The van der Waals surface area contributed by atoms with E-state index in [1.807, 2.05) is 18.2 Å². The van der Waals surface area contributed by atoms with Crippen LogP contribution < -0.4 is 15.1 Å². The second kappa shape index (κ2) is 19.9. The topological polar surface area (TPSA) is 151 Å². The predicted octanol–water partition coefficient (Wildman–Crippen LogP) is 7.81. The molecule has 3 amide bonds. The average molecular weight is 883 g/mol. The van der Waals surface area contributed by atoms with E-state index < -0.39 is 36.3 Å². The summed E-state index contributed by atoms with van der Waals surface area (Å²) < 4.78 is 89.9. The summed E-state index contributed by atoms with van der Waals surface area (Å²) in [6.45, 7) is 3.26. The summed E-state index contributed by atoms with van der Waals surface area (Å²) in [6, 6.07) is 26.0. The van der Waals surface area contributed by atoms with Crippen LogP contribution in [0.15, 0.2) is 106 Å². The largest absolute Gasteiger partial charge is 0.415 e. The normalized spacial score (nSPS) is 13.7. The molecule has 0 unspecified atom stereocenters. The van der Waals surface area contributed by atoms with Crippen LogP contribution in [0.25, 0.3) is 22.9 Å². The molecule has 0 bridgehead atoms. The number of nitrogens with one attached hydrogen (secondary N) is 1. The zero-order valence-corrected chi connectivity index (χ0v) is 33.5. The summed E-state index contributed by atoms with van der Waals surface area (Å²) in [5.41, 5.74) is 2.12. The molecule has 324 valence electrons. The van der Waals surface area contributed by atoms with E-state index in [-0.39, 0.29) is 89.1 Å². The molecule has 62 heavy (non-hydrogen) atoms. The van der Waals surface area contributed by atoms with Crippen molar-refractivity contribution in [1.82, 2.24) is 30.6 Å². The van der Waals surface area contributed by atoms with Gasteiger partial charge in [-0.2, -0.15) is 17.6 Å². The number of para-hydroxylation sites is 2.